The Morgan fingerprint density at radius 2 is 1.79 bits per heavy atom. The van der Waals surface area contributed by atoms with Gasteiger partial charge in [-0.05, 0) is 31.8 Å². The van der Waals surface area contributed by atoms with Gasteiger partial charge < -0.3 is 4.90 Å². The first kappa shape index (κ1) is 14.7. The van der Waals surface area contributed by atoms with Gasteiger partial charge in [0.2, 0.25) is 0 Å². The summed E-state index contributed by atoms with van der Waals surface area (Å²) in [7, 11) is 3.88. The molecule has 0 saturated carbocycles. The SMILES string of the molecule is CN(C)Cc1nc(Cl)c(-c2cccc(Br)c2)c(Cl)n1. The molecule has 0 aliphatic heterocycles. The number of hydrogen-bond donors (Lipinski definition) is 0. The van der Waals surface area contributed by atoms with Crippen LogP contribution in [0.4, 0.5) is 0 Å². The summed E-state index contributed by atoms with van der Waals surface area (Å²) in [5.74, 6) is 0.610. The number of rotatable bonds is 3. The summed E-state index contributed by atoms with van der Waals surface area (Å²) in [6.07, 6.45) is 0. The van der Waals surface area contributed by atoms with Crippen LogP contribution >= 0.6 is 39.1 Å². The van der Waals surface area contributed by atoms with E-state index in [0.29, 0.717) is 28.2 Å². The van der Waals surface area contributed by atoms with E-state index in [9.17, 15) is 0 Å². The van der Waals surface area contributed by atoms with Gasteiger partial charge in [0, 0.05) is 4.47 Å². The minimum atomic E-state index is 0.370. The first-order valence-electron chi connectivity index (χ1n) is 5.60. The molecule has 2 rings (SSSR count). The summed E-state index contributed by atoms with van der Waals surface area (Å²) in [6.45, 7) is 0.595. The van der Waals surface area contributed by atoms with Crippen LogP contribution in [0.3, 0.4) is 0 Å². The van der Waals surface area contributed by atoms with E-state index in [0.717, 1.165) is 10.0 Å². The first-order chi connectivity index (χ1) is 8.97. The molecule has 0 spiro atoms. The van der Waals surface area contributed by atoms with Gasteiger partial charge in [-0.3, -0.25) is 0 Å². The van der Waals surface area contributed by atoms with Gasteiger partial charge in [0.05, 0.1) is 12.1 Å². The molecule has 0 fully saturated rings. The second kappa shape index (κ2) is 6.18. The molecule has 6 heteroatoms. The van der Waals surface area contributed by atoms with Gasteiger partial charge >= 0.3 is 0 Å². The third kappa shape index (κ3) is 3.66. The average molecular weight is 361 g/mol. The third-order valence-electron chi connectivity index (χ3n) is 2.44. The van der Waals surface area contributed by atoms with Crippen molar-refractivity contribution in [1.29, 1.82) is 0 Å². The fraction of sp³-hybridized carbons (Fsp3) is 0.231. The maximum absolute atomic E-state index is 6.24. The van der Waals surface area contributed by atoms with Crippen LogP contribution in [0.2, 0.25) is 10.3 Å². The number of benzene rings is 1. The molecule has 0 saturated heterocycles. The van der Waals surface area contributed by atoms with E-state index in [4.69, 9.17) is 23.2 Å². The third-order valence-corrected chi connectivity index (χ3v) is 3.48. The number of hydrogen-bond acceptors (Lipinski definition) is 3. The molecular formula is C13H12BrCl2N3. The van der Waals surface area contributed by atoms with E-state index in [1.54, 1.807) is 0 Å². The van der Waals surface area contributed by atoms with Crippen LogP contribution < -0.4 is 0 Å². The average Bonchev–Trinajstić information content (AvgIpc) is 2.26. The fourth-order valence-electron chi connectivity index (χ4n) is 1.68. The minimum absolute atomic E-state index is 0.370. The number of nitrogens with zero attached hydrogens (tertiary/aromatic N) is 3. The van der Waals surface area contributed by atoms with Crippen LogP contribution in [-0.2, 0) is 6.54 Å². The normalized spacial score (nSPS) is 11.1. The van der Waals surface area contributed by atoms with Crippen LogP contribution in [0.5, 0.6) is 0 Å². The van der Waals surface area contributed by atoms with Crippen LogP contribution in [-0.4, -0.2) is 29.0 Å². The molecule has 0 bridgehead atoms. The van der Waals surface area contributed by atoms with E-state index in [1.165, 1.54) is 0 Å². The van der Waals surface area contributed by atoms with Crippen molar-refractivity contribution < 1.29 is 0 Å². The summed E-state index contributed by atoms with van der Waals surface area (Å²) in [4.78, 5) is 10.5. The van der Waals surface area contributed by atoms with E-state index in [2.05, 4.69) is 25.9 Å². The Morgan fingerprint density at radius 1 is 1.16 bits per heavy atom. The smallest absolute Gasteiger partial charge is 0.145 e. The highest BCUT2D eigenvalue weighted by Crippen LogP contribution is 2.33. The van der Waals surface area contributed by atoms with Crippen LogP contribution in [0.25, 0.3) is 11.1 Å². The van der Waals surface area contributed by atoms with Crippen molar-refractivity contribution in [1.82, 2.24) is 14.9 Å². The molecule has 0 radical (unpaired) electrons. The lowest BCUT2D eigenvalue weighted by atomic mass is 10.1. The van der Waals surface area contributed by atoms with Gasteiger partial charge in [0.25, 0.3) is 0 Å². The van der Waals surface area contributed by atoms with Crippen molar-refractivity contribution in [3.05, 3.63) is 44.9 Å². The number of halogens is 3. The van der Waals surface area contributed by atoms with Gasteiger partial charge in [0.15, 0.2) is 0 Å². The van der Waals surface area contributed by atoms with Gasteiger partial charge in [-0.2, -0.15) is 0 Å². The molecule has 100 valence electrons. The van der Waals surface area contributed by atoms with Crippen LogP contribution in [0, 0.1) is 0 Å². The Kier molecular flexibility index (Phi) is 4.79. The molecule has 0 unspecified atom stereocenters. The second-order valence-corrected chi connectivity index (χ2v) is 5.98. The Bertz CT molecular complexity index is 579. The van der Waals surface area contributed by atoms with Gasteiger partial charge in [-0.1, -0.05) is 51.3 Å². The molecule has 0 aliphatic carbocycles. The molecule has 19 heavy (non-hydrogen) atoms. The quantitative estimate of drug-likeness (QED) is 0.765. The molecule has 0 N–H and O–H groups in total. The zero-order valence-electron chi connectivity index (χ0n) is 10.5. The lowest BCUT2D eigenvalue weighted by molar-refractivity contribution is 0.390. The molecular weight excluding hydrogens is 349 g/mol. The van der Waals surface area contributed by atoms with E-state index < -0.39 is 0 Å². The zero-order valence-corrected chi connectivity index (χ0v) is 13.6. The minimum Gasteiger partial charge on any atom is -0.302 e. The van der Waals surface area contributed by atoms with Crippen LogP contribution in [0.1, 0.15) is 5.82 Å². The predicted octanol–water partition coefficient (Wildman–Crippen LogP) is 4.27. The lowest BCUT2D eigenvalue weighted by Gasteiger charge is -2.11. The highest BCUT2D eigenvalue weighted by atomic mass is 79.9. The summed E-state index contributed by atoms with van der Waals surface area (Å²) >= 11 is 15.9. The highest BCUT2D eigenvalue weighted by Gasteiger charge is 2.14. The molecule has 0 atom stereocenters. The van der Waals surface area contributed by atoms with Crippen molar-refractivity contribution in [2.45, 2.75) is 6.54 Å². The summed E-state index contributed by atoms with van der Waals surface area (Å²) in [5.41, 5.74) is 1.55. The van der Waals surface area contributed by atoms with Gasteiger partial charge in [-0.25, -0.2) is 9.97 Å². The lowest BCUT2D eigenvalue weighted by Crippen LogP contribution is -2.13. The molecule has 2 aromatic rings. The van der Waals surface area contributed by atoms with Crippen molar-refractivity contribution in [2.24, 2.45) is 0 Å². The Morgan fingerprint density at radius 3 is 2.32 bits per heavy atom. The fourth-order valence-corrected chi connectivity index (χ4v) is 2.72. The van der Waals surface area contributed by atoms with Gasteiger partial charge in [-0.15, -0.1) is 0 Å². The monoisotopic (exact) mass is 359 g/mol. The Hall–Kier alpha value is -0.680. The standard InChI is InChI=1S/C13H12BrCl2N3/c1-19(2)7-10-17-12(15)11(13(16)18-10)8-4-3-5-9(14)6-8/h3-6H,7H2,1-2H3. The predicted molar refractivity (Wildman–Crippen MR) is 82.6 cm³/mol. The Labute approximate surface area is 130 Å². The molecule has 1 heterocycles. The summed E-state index contributed by atoms with van der Waals surface area (Å²) < 4.78 is 0.953. The topological polar surface area (TPSA) is 29.0 Å². The maximum Gasteiger partial charge on any atom is 0.145 e. The summed E-state index contributed by atoms with van der Waals surface area (Å²) in [6, 6.07) is 7.71. The zero-order chi connectivity index (χ0) is 14.0. The van der Waals surface area contributed by atoms with Gasteiger partial charge in [0.1, 0.15) is 16.1 Å². The molecule has 0 amide bonds. The molecule has 0 aliphatic rings. The largest absolute Gasteiger partial charge is 0.302 e. The van der Waals surface area contributed by atoms with E-state index in [1.807, 2.05) is 43.3 Å². The first-order valence-corrected chi connectivity index (χ1v) is 7.15. The Balaban J connectivity index is 2.47. The molecule has 1 aromatic carbocycles. The van der Waals surface area contributed by atoms with Crippen molar-refractivity contribution >= 4 is 39.1 Å². The summed E-state index contributed by atoms with van der Waals surface area (Å²) in [5, 5.41) is 0.741. The van der Waals surface area contributed by atoms with Crippen molar-refractivity contribution in [3.8, 4) is 11.1 Å². The number of aromatic nitrogens is 2. The van der Waals surface area contributed by atoms with Crippen molar-refractivity contribution in [3.63, 3.8) is 0 Å². The van der Waals surface area contributed by atoms with E-state index in [-0.39, 0.29) is 0 Å². The van der Waals surface area contributed by atoms with Crippen LogP contribution in [0.15, 0.2) is 28.7 Å². The molecule has 3 nitrogen and oxygen atoms in total. The molecule has 1 aromatic heterocycles. The van der Waals surface area contributed by atoms with E-state index >= 15 is 0 Å². The highest BCUT2D eigenvalue weighted by molar-refractivity contribution is 9.10. The van der Waals surface area contributed by atoms with Crippen molar-refractivity contribution in [2.75, 3.05) is 14.1 Å². The maximum atomic E-state index is 6.24. The second-order valence-electron chi connectivity index (χ2n) is 4.34.